The number of amides is 1. The Balaban J connectivity index is 1.89. The lowest BCUT2D eigenvalue weighted by Crippen LogP contribution is -2.17. The predicted octanol–water partition coefficient (Wildman–Crippen LogP) is 3.16. The maximum absolute atomic E-state index is 12.5. The highest BCUT2D eigenvalue weighted by atomic mass is 16.1. The van der Waals surface area contributed by atoms with Crippen molar-refractivity contribution in [1.82, 2.24) is 10.2 Å². The Hall–Kier alpha value is -2.10. The lowest BCUT2D eigenvalue weighted by Gasteiger charge is -2.13. The van der Waals surface area contributed by atoms with Crippen LogP contribution in [0.15, 0.2) is 18.2 Å². The maximum Gasteiger partial charge on any atom is 0.276 e. The van der Waals surface area contributed by atoms with Gasteiger partial charge in [-0.05, 0) is 50.7 Å². The second kappa shape index (κ2) is 5.12. The zero-order chi connectivity index (χ0) is 14.1. The summed E-state index contributed by atoms with van der Waals surface area (Å²) in [6.07, 6.45) is 4.25. The van der Waals surface area contributed by atoms with Crippen molar-refractivity contribution in [2.24, 2.45) is 0 Å². The van der Waals surface area contributed by atoms with Crippen LogP contribution in [0.1, 0.15) is 45.7 Å². The predicted molar refractivity (Wildman–Crippen MR) is 79.1 cm³/mol. The number of aromatic nitrogens is 2. The third-order valence-corrected chi connectivity index (χ3v) is 3.99. The number of nitrogens with one attached hydrogen (secondary N) is 2. The molecule has 0 saturated heterocycles. The normalized spacial score (nSPS) is 13.9. The van der Waals surface area contributed by atoms with E-state index in [0.717, 1.165) is 47.3 Å². The number of H-pyrrole nitrogens is 1. The Morgan fingerprint density at radius 2 is 1.90 bits per heavy atom. The highest BCUT2D eigenvalue weighted by Crippen LogP contribution is 2.24. The molecule has 0 bridgehead atoms. The first-order chi connectivity index (χ1) is 9.66. The van der Waals surface area contributed by atoms with Crippen molar-refractivity contribution >= 4 is 11.6 Å². The summed E-state index contributed by atoms with van der Waals surface area (Å²) >= 11 is 0. The summed E-state index contributed by atoms with van der Waals surface area (Å²) in [7, 11) is 0. The van der Waals surface area contributed by atoms with E-state index in [1.54, 1.807) is 0 Å². The Bertz CT molecular complexity index is 637. The molecule has 0 radical (unpaired) electrons. The first kappa shape index (κ1) is 12.9. The van der Waals surface area contributed by atoms with Crippen LogP contribution in [0.2, 0.25) is 0 Å². The number of hydrogen-bond acceptors (Lipinski definition) is 2. The minimum Gasteiger partial charge on any atom is -0.320 e. The molecule has 2 N–H and O–H groups in total. The minimum absolute atomic E-state index is 0.109. The van der Waals surface area contributed by atoms with Gasteiger partial charge in [-0.2, -0.15) is 5.10 Å². The monoisotopic (exact) mass is 269 g/mol. The number of nitrogens with zero attached hydrogens (tertiary/aromatic N) is 1. The van der Waals surface area contributed by atoms with Gasteiger partial charge >= 0.3 is 0 Å². The van der Waals surface area contributed by atoms with Crippen LogP contribution in [0.3, 0.4) is 0 Å². The van der Waals surface area contributed by atoms with Gasteiger partial charge in [0.1, 0.15) is 0 Å². The number of hydrogen-bond donors (Lipinski definition) is 2. The molecule has 1 aliphatic carbocycles. The van der Waals surface area contributed by atoms with E-state index in [4.69, 9.17) is 0 Å². The van der Waals surface area contributed by atoms with E-state index in [1.165, 1.54) is 6.42 Å². The molecule has 0 fully saturated rings. The van der Waals surface area contributed by atoms with Crippen molar-refractivity contribution in [3.05, 3.63) is 46.3 Å². The number of para-hydroxylation sites is 1. The van der Waals surface area contributed by atoms with Crippen molar-refractivity contribution in [3.8, 4) is 0 Å². The summed E-state index contributed by atoms with van der Waals surface area (Å²) < 4.78 is 0. The molecule has 0 aliphatic heterocycles. The molecule has 1 aromatic carbocycles. The maximum atomic E-state index is 12.5. The van der Waals surface area contributed by atoms with Gasteiger partial charge in [0.05, 0.1) is 0 Å². The van der Waals surface area contributed by atoms with Gasteiger partial charge in [-0.15, -0.1) is 0 Å². The summed E-state index contributed by atoms with van der Waals surface area (Å²) in [5, 5.41) is 10.2. The molecule has 1 amide bonds. The van der Waals surface area contributed by atoms with Gasteiger partial charge in [0.2, 0.25) is 0 Å². The first-order valence-corrected chi connectivity index (χ1v) is 7.10. The second-order valence-corrected chi connectivity index (χ2v) is 5.46. The molecule has 0 saturated carbocycles. The fourth-order valence-corrected chi connectivity index (χ4v) is 2.85. The number of fused-ring (bicyclic) bond motifs is 1. The van der Waals surface area contributed by atoms with E-state index >= 15 is 0 Å². The van der Waals surface area contributed by atoms with Crippen LogP contribution in [-0.4, -0.2) is 16.1 Å². The number of benzene rings is 1. The highest BCUT2D eigenvalue weighted by molar-refractivity contribution is 6.04. The molecule has 20 heavy (non-hydrogen) atoms. The van der Waals surface area contributed by atoms with E-state index in [9.17, 15) is 4.79 Å². The Kier molecular flexibility index (Phi) is 3.30. The van der Waals surface area contributed by atoms with Crippen molar-refractivity contribution in [2.75, 3.05) is 5.32 Å². The molecule has 1 heterocycles. The molecule has 4 nitrogen and oxygen atoms in total. The van der Waals surface area contributed by atoms with Crippen LogP contribution < -0.4 is 5.32 Å². The van der Waals surface area contributed by atoms with Gasteiger partial charge in [0.25, 0.3) is 5.91 Å². The molecule has 104 valence electrons. The lowest BCUT2D eigenvalue weighted by atomic mass is 9.95. The van der Waals surface area contributed by atoms with Crippen molar-refractivity contribution in [3.63, 3.8) is 0 Å². The smallest absolute Gasteiger partial charge is 0.276 e. The van der Waals surface area contributed by atoms with Gasteiger partial charge in [-0.3, -0.25) is 9.89 Å². The number of aromatic amines is 1. The fourth-order valence-electron chi connectivity index (χ4n) is 2.85. The lowest BCUT2D eigenvalue weighted by molar-refractivity contribution is 0.102. The van der Waals surface area contributed by atoms with Gasteiger partial charge in [-0.25, -0.2) is 0 Å². The average Bonchev–Trinajstić information content (AvgIpc) is 2.87. The van der Waals surface area contributed by atoms with Gasteiger partial charge in [0, 0.05) is 16.9 Å². The van der Waals surface area contributed by atoms with Crippen LogP contribution in [0.5, 0.6) is 0 Å². The third-order valence-electron chi connectivity index (χ3n) is 3.99. The summed E-state index contributed by atoms with van der Waals surface area (Å²) in [6, 6.07) is 6.00. The van der Waals surface area contributed by atoms with E-state index in [2.05, 4.69) is 15.5 Å². The molecule has 2 aromatic rings. The minimum atomic E-state index is -0.109. The molecule has 1 aliphatic rings. The number of anilines is 1. The zero-order valence-electron chi connectivity index (χ0n) is 11.9. The van der Waals surface area contributed by atoms with Crippen LogP contribution in [0, 0.1) is 13.8 Å². The molecule has 0 spiro atoms. The number of carbonyl (C=O) groups is 1. The molecule has 3 rings (SSSR count). The van der Waals surface area contributed by atoms with Crippen molar-refractivity contribution in [2.45, 2.75) is 39.5 Å². The summed E-state index contributed by atoms with van der Waals surface area (Å²) in [5.74, 6) is -0.109. The van der Waals surface area contributed by atoms with E-state index in [-0.39, 0.29) is 5.91 Å². The fraction of sp³-hybridized carbons (Fsp3) is 0.375. The van der Waals surface area contributed by atoms with E-state index in [1.807, 2.05) is 32.0 Å². The molecular weight excluding hydrogens is 250 g/mol. The largest absolute Gasteiger partial charge is 0.320 e. The van der Waals surface area contributed by atoms with Crippen molar-refractivity contribution < 1.29 is 4.79 Å². The number of aryl methyl sites for hydroxylation is 3. The Labute approximate surface area is 118 Å². The van der Waals surface area contributed by atoms with Crippen LogP contribution in [0.25, 0.3) is 0 Å². The molecule has 4 heteroatoms. The molecule has 0 unspecified atom stereocenters. The van der Waals surface area contributed by atoms with Gasteiger partial charge in [-0.1, -0.05) is 18.2 Å². The third kappa shape index (κ3) is 2.22. The molecule has 1 aromatic heterocycles. The number of rotatable bonds is 2. The average molecular weight is 269 g/mol. The van der Waals surface area contributed by atoms with Crippen LogP contribution in [-0.2, 0) is 12.8 Å². The molecular formula is C16H19N3O. The standard InChI is InChI=1S/C16H19N3O/c1-10-6-5-7-11(2)14(10)17-16(20)15-12-8-3-4-9-13(12)18-19-15/h5-7H,3-4,8-9H2,1-2H3,(H,17,20)(H,18,19). The second-order valence-electron chi connectivity index (χ2n) is 5.46. The zero-order valence-corrected chi connectivity index (χ0v) is 11.9. The number of carbonyl (C=O) groups excluding carboxylic acids is 1. The molecule has 0 atom stereocenters. The van der Waals surface area contributed by atoms with Gasteiger partial charge < -0.3 is 5.32 Å². The SMILES string of the molecule is Cc1cccc(C)c1NC(=O)c1n[nH]c2c1CCCC2. The van der Waals surface area contributed by atoms with E-state index < -0.39 is 0 Å². The summed E-state index contributed by atoms with van der Waals surface area (Å²) in [5.41, 5.74) is 5.82. The quantitative estimate of drug-likeness (QED) is 0.879. The Morgan fingerprint density at radius 3 is 2.65 bits per heavy atom. The summed E-state index contributed by atoms with van der Waals surface area (Å²) in [4.78, 5) is 12.5. The first-order valence-electron chi connectivity index (χ1n) is 7.10. The van der Waals surface area contributed by atoms with Crippen molar-refractivity contribution in [1.29, 1.82) is 0 Å². The highest BCUT2D eigenvalue weighted by Gasteiger charge is 2.22. The topological polar surface area (TPSA) is 57.8 Å². The van der Waals surface area contributed by atoms with E-state index in [0.29, 0.717) is 5.69 Å². The Morgan fingerprint density at radius 1 is 1.20 bits per heavy atom. The van der Waals surface area contributed by atoms with Crippen LogP contribution >= 0.6 is 0 Å². The van der Waals surface area contributed by atoms with Gasteiger partial charge in [0.15, 0.2) is 5.69 Å². The van der Waals surface area contributed by atoms with Crippen LogP contribution in [0.4, 0.5) is 5.69 Å². The summed E-state index contributed by atoms with van der Waals surface area (Å²) in [6.45, 7) is 4.01.